The first kappa shape index (κ1) is 18.5. The maximum absolute atomic E-state index is 12.5. The molecule has 1 aromatic rings. The van der Waals surface area contributed by atoms with Crippen molar-refractivity contribution in [3.05, 3.63) is 40.3 Å². The van der Waals surface area contributed by atoms with Crippen molar-refractivity contribution in [3.8, 4) is 11.5 Å². The third-order valence-electron chi connectivity index (χ3n) is 4.04. The predicted octanol–water partition coefficient (Wildman–Crippen LogP) is 3.08. The maximum Gasteiger partial charge on any atom is 0.305 e. The minimum Gasteiger partial charge on any atom is -0.493 e. The molecule has 0 saturated carbocycles. The number of ether oxygens (including phenoxy) is 2. The van der Waals surface area contributed by atoms with Gasteiger partial charge in [0.2, 0.25) is 0 Å². The van der Waals surface area contributed by atoms with Gasteiger partial charge in [-0.2, -0.15) is 0 Å². The van der Waals surface area contributed by atoms with Crippen molar-refractivity contribution in [3.63, 3.8) is 0 Å². The van der Waals surface area contributed by atoms with E-state index in [-0.39, 0.29) is 25.0 Å². The van der Waals surface area contributed by atoms with Gasteiger partial charge < -0.3 is 14.6 Å². The van der Waals surface area contributed by atoms with Gasteiger partial charge in [-0.3, -0.25) is 14.5 Å². The standard InChI is InChI=1S/C18H17NO5S2/c1-10-12(8-11-4-3-5-13(23-2)16(11)24-10)9-14-17(22)19(18(25)26-14)7-6-15(20)21/h3-5,8-10H,6-7H2,1-2H3,(H,20,21). The molecule has 2 heterocycles. The summed E-state index contributed by atoms with van der Waals surface area (Å²) in [7, 11) is 1.59. The minimum atomic E-state index is -0.967. The molecular formula is C18H17NO5S2. The molecule has 0 spiro atoms. The molecule has 1 saturated heterocycles. The molecule has 1 N–H and O–H groups in total. The fourth-order valence-corrected chi connectivity index (χ4v) is 3.99. The molecule has 0 radical (unpaired) electrons. The average molecular weight is 391 g/mol. The Morgan fingerprint density at radius 1 is 1.50 bits per heavy atom. The van der Waals surface area contributed by atoms with Crippen molar-refractivity contribution in [2.45, 2.75) is 19.4 Å². The number of fused-ring (bicyclic) bond motifs is 1. The van der Waals surface area contributed by atoms with Crippen LogP contribution in [0.2, 0.25) is 0 Å². The van der Waals surface area contributed by atoms with Gasteiger partial charge in [-0.15, -0.1) is 0 Å². The number of rotatable bonds is 5. The smallest absolute Gasteiger partial charge is 0.305 e. The molecule has 0 bridgehead atoms. The van der Waals surface area contributed by atoms with Crippen LogP contribution in [0.25, 0.3) is 6.08 Å². The van der Waals surface area contributed by atoms with Gasteiger partial charge in [-0.05, 0) is 30.7 Å². The molecule has 26 heavy (non-hydrogen) atoms. The number of thiocarbonyl (C=S) groups is 1. The second-order valence-corrected chi connectivity index (χ2v) is 7.44. The molecule has 2 aliphatic heterocycles. The molecule has 6 nitrogen and oxygen atoms in total. The topological polar surface area (TPSA) is 76.1 Å². The number of carboxylic acids is 1. The summed E-state index contributed by atoms with van der Waals surface area (Å²) >= 11 is 6.38. The number of aliphatic carboxylic acids is 1. The van der Waals surface area contributed by atoms with Crippen LogP contribution in [0.5, 0.6) is 11.5 Å². The molecule has 1 amide bonds. The quantitative estimate of drug-likeness (QED) is 0.611. The van der Waals surface area contributed by atoms with E-state index in [1.807, 2.05) is 31.2 Å². The van der Waals surface area contributed by atoms with Gasteiger partial charge in [0.25, 0.3) is 5.91 Å². The fraction of sp³-hybridized carbons (Fsp3) is 0.278. The van der Waals surface area contributed by atoms with E-state index < -0.39 is 5.97 Å². The maximum atomic E-state index is 12.5. The Balaban J connectivity index is 1.87. The van der Waals surface area contributed by atoms with Crippen LogP contribution in [0.15, 0.2) is 34.8 Å². The summed E-state index contributed by atoms with van der Waals surface area (Å²) in [4.78, 5) is 25.1. The third kappa shape index (κ3) is 3.61. The van der Waals surface area contributed by atoms with E-state index in [1.165, 1.54) is 16.7 Å². The van der Waals surface area contributed by atoms with Gasteiger partial charge in [0.1, 0.15) is 10.4 Å². The minimum absolute atomic E-state index is 0.0719. The van der Waals surface area contributed by atoms with Crippen LogP contribution in [-0.2, 0) is 9.59 Å². The van der Waals surface area contributed by atoms with E-state index in [0.29, 0.717) is 20.7 Å². The monoisotopic (exact) mass is 391 g/mol. The molecule has 0 aliphatic carbocycles. The third-order valence-corrected chi connectivity index (χ3v) is 5.41. The molecule has 8 heteroatoms. The lowest BCUT2D eigenvalue weighted by Gasteiger charge is -2.24. The fourth-order valence-electron chi connectivity index (χ4n) is 2.69. The highest BCUT2D eigenvalue weighted by atomic mass is 32.2. The highest BCUT2D eigenvalue weighted by Crippen LogP contribution is 2.39. The van der Waals surface area contributed by atoms with Crippen molar-refractivity contribution in [2.24, 2.45) is 0 Å². The van der Waals surface area contributed by atoms with Gasteiger partial charge in [0.05, 0.1) is 18.4 Å². The van der Waals surface area contributed by atoms with Crippen LogP contribution in [0.1, 0.15) is 18.9 Å². The largest absolute Gasteiger partial charge is 0.493 e. The van der Waals surface area contributed by atoms with Crippen LogP contribution in [-0.4, -0.2) is 46.0 Å². The zero-order chi connectivity index (χ0) is 18.8. The highest BCUT2D eigenvalue weighted by Gasteiger charge is 2.33. The number of para-hydroxylation sites is 1. The number of carbonyl (C=O) groups excluding carboxylic acids is 1. The van der Waals surface area contributed by atoms with Crippen LogP contribution >= 0.6 is 24.0 Å². The predicted molar refractivity (Wildman–Crippen MR) is 103 cm³/mol. The number of carbonyl (C=O) groups is 2. The summed E-state index contributed by atoms with van der Waals surface area (Å²) < 4.78 is 11.7. The zero-order valence-electron chi connectivity index (χ0n) is 14.2. The molecule has 1 aromatic carbocycles. The summed E-state index contributed by atoms with van der Waals surface area (Å²) in [6.45, 7) is 1.96. The molecule has 1 unspecified atom stereocenters. The van der Waals surface area contributed by atoms with Crippen molar-refractivity contribution >= 4 is 46.3 Å². The Bertz CT molecular complexity index is 846. The van der Waals surface area contributed by atoms with Crippen LogP contribution in [0.4, 0.5) is 0 Å². The normalized spacial score (nSPS) is 20.7. The molecule has 2 aliphatic rings. The SMILES string of the molecule is COc1cccc2c1OC(C)C(C=C1SC(=S)N(CCC(=O)O)C1=O)=C2. The average Bonchev–Trinajstić information content (AvgIpc) is 2.86. The molecule has 1 fully saturated rings. The first-order valence-corrected chi connectivity index (χ1v) is 9.15. The van der Waals surface area contributed by atoms with Gasteiger partial charge in [-0.25, -0.2) is 0 Å². The Hall–Kier alpha value is -2.32. The Morgan fingerprint density at radius 2 is 2.27 bits per heavy atom. The van der Waals surface area contributed by atoms with E-state index in [9.17, 15) is 9.59 Å². The van der Waals surface area contributed by atoms with E-state index >= 15 is 0 Å². The molecule has 0 aromatic heterocycles. The number of carboxylic acid groups (broad SMARTS) is 1. The van der Waals surface area contributed by atoms with Crippen LogP contribution in [0.3, 0.4) is 0 Å². The summed E-state index contributed by atoms with van der Waals surface area (Å²) in [6, 6.07) is 5.62. The lowest BCUT2D eigenvalue weighted by Crippen LogP contribution is -2.30. The highest BCUT2D eigenvalue weighted by molar-refractivity contribution is 8.26. The van der Waals surface area contributed by atoms with E-state index in [0.717, 1.165) is 11.1 Å². The number of thioether (sulfide) groups is 1. The summed E-state index contributed by atoms with van der Waals surface area (Å²) in [6.07, 6.45) is 3.30. The number of benzene rings is 1. The lowest BCUT2D eigenvalue weighted by atomic mass is 10.0. The molecular weight excluding hydrogens is 374 g/mol. The Kier molecular flexibility index (Phi) is 5.33. The van der Waals surface area contributed by atoms with Crippen LogP contribution in [0, 0.1) is 0 Å². The number of amides is 1. The number of hydrogen-bond acceptors (Lipinski definition) is 6. The van der Waals surface area contributed by atoms with Crippen molar-refractivity contribution in [1.82, 2.24) is 4.90 Å². The van der Waals surface area contributed by atoms with Crippen LogP contribution < -0.4 is 9.47 Å². The van der Waals surface area contributed by atoms with Crippen molar-refractivity contribution in [1.29, 1.82) is 0 Å². The molecule has 1 atom stereocenters. The summed E-state index contributed by atoms with van der Waals surface area (Å²) in [5, 5.41) is 8.81. The van der Waals surface area contributed by atoms with E-state index in [2.05, 4.69) is 0 Å². The first-order valence-electron chi connectivity index (χ1n) is 7.93. The summed E-state index contributed by atoms with van der Waals surface area (Å²) in [5.74, 6) is 0.0923. The number of hydrogen-bond donors (Lipinski definition) is 1. The lowest BCUT2D eigenvalue weighted by molar-refractivity contribution is -0.137. The van der Waals surface area contributed by atoms with Gasteiger partial charge in [-0.1, -0.05) is 36.1 Å². The van der Waals surface area contributed by atoms with Crippen molar-refractivity contribution in [2.75, 3.05) is 13.7 Å². The van der Waals surface area contributed by atoms with Gasteiger partial charge >= 0.3 is 5.97 Å². The van der Waals surface area contributed by atoms with Gasteiger partial charge in [0, 0.05) is 12.1 Å². The second kappa shape index (κ2) is 7.51. The van der Waals surface area contributed by atoms with E-state index in [4.69, 9.17) is 26.8 Å². The van der Waals surface area contributed by atoms with Gasteiger partial charge in [0.15, 0.2) is 11.5 Å². The number of nitrogens with zero attached hydrogens (tertiary/aromatic N) is 1. The Labute approximate surface area is 160 Å². The first-order chi connectivity index (χ1) is 12.4. The zero-order valence-corrected chi connectivity index (χ0v) is 15.9. The molecule has 136 valence electrons. The summed E-state index contributed by atoms with van der Waals surface area (Å²) in [5.41, 5.74) is 1.71. The number of methoxy groups -OCH3 is 1. The van der Waals surface area contributed by atoms with E-state index in [1.54, 1.807) is 13.2 Å². The Morgan fingerprint density at radius 3 is 2.96 bits per heavy atom. The molecule has 3 rings (SSSR count). The second-order valence-electron chi connectivity index (χ2n) is 5.76. The van der Waals surface area contributed by atoms with Crippen molar-refractivity contribution < 1.29 is 24.2 Å².